The smallest absolute Gasteiger partial charge is 0.0740 e. The van der Waals surface area contributed by atoms with E-state index in [0.29, 0.717) is 4.99 Å². The Balaban J connectivity index is 1.83. The SMILES string of the molecule is CC1CCC(N(CCC(N)=S)C2CC2)CC1. The van der Waals surface area contributed by atoms with E-state index in [2.05, 4.69) is 11.8 Å². The van der Waals surface area contributed by atoms with Crippen LogP contribution in [0.1, 0.15) is 51.9 Å². The number of rotatable bonds is 5. The minimum Gasteiger partial charge on any atom is -0.393 e. The summed E-state index contributed by atoms with van der Waals surface area (Å²) in [5.41, 5.74) is 5.62. The third-order valence-corrected chi connectivity index (χ3v) is 4.29. The number of hydrogen-bond acceptors (Lipinski definition) is 2. The van der Waals surface area contributed by atoms with E-state index >= 15 is 0 Å². The van der Waals surface area contributed by atoms with Gasteiger partial charge in [-0.2, -0.15) is 0 Å². The summed E-state index contributed by atoms with van der Waals surface area (Å²) in [7, 11) is 0. The fourth-order valence-electron chi connectivity index (χ4n) is 2.88. The maximum Gasteiger partial charge on any atom is 0.0740 e. The largest absolute Gasteiger partial charge is 0.393 e. The van der Waals surface area contributed by atoms with Crippen LogP contribution in [0.25, 0.3) is 0 Å². The van der Waals surface area contributed by atoms with Crippen LogP contribution in [-0.2, 0) is 0 Å². The van der Waals surface area contributed by atoms with Crippen LogP contribution >= 0.6 is 12.2 Å². The standard InChI is InChI=1S/C13H24N2S/c1-10-2-4-11(5-3-10)15(12-6-7-12)9-8-13(14)16/h10-12H,2-9H2,1H3,(H2,14,16). The van der Waals surface area contributed by atoms with E-state index in [0.717, 1.165) is 31.0 Å². The molecular formula is C13H24N2S. The third kappa shape index (κ3) is 3.42. The van der Waals surface area contributed by atoms with Gasteiger partial charge in [-0.25, -0.2) is 0 Å². The fourth-order valence-corrected chi connectivity index (χ4v) is 2.97. The zero-order chi connectivity index (χ0) is 11.5. The van der Waals surface area contributed by atoms with Gasteiger partial charge in [-0.3, -0.25) is 4.90 Å². The molecule has 0 aromatic carbocycles. The quantitative estimate of drug-likeness (QED) is 0.749. The van der Waals surface area contributed by atoms with Crippen molar-refractivity contribution in [3.63, 3.8) is 0 Å². The molecule has 2 aliphatic carbocycles. The second kappa shape index (κ2) is 5.46. The normalized spacial score (nSPS) is 30.6. The van der Waals surface area contributed by atoms with E-state index in [1.165, 1.54) is 38.5 Å². The summed E-state index contributed by atoms with van der Waals surface area (Å²) in [6.07, 6.45) is 9.26. The third-order valence-electron chi connectivity index (χ3n) is 4.09. The molecule has 2 nitrogen and oxygen atoms in total. The predicted octanol–water partition coefficient (Wildman–Crippen LogP) is 2.71. The maximum atomic E-state index is 5.62. The Morgan fingerprint density at radius 3 is 2.06 bits per heavy atom. The molecule has 2 aliphatic rings. The van der Waals surface area contributed by atoms with E-state index in [1.807, 2.05) is 0 Å². The Morgan fingerprint density at radius 1 is 1.12 bits per heavy atom. The minimum atomic E-state index is 0.676. The van der Waals surface area contributed by atoms with Gasteiger partial charge in [0.05, 0.1) is 4.99 Å². The second-order valence-corrected chi connectivity index (χ2v) is 6.12. The summed E-state index contributed by atoms with van der Waals surface area (Å²) < 4.78 is 0. The van der Waals surface area contributed by atoms with Crippen molar-refractivity contribution in [2.75, 3.05) is 6.54 Å². The van der Waals surface area contributed by atoms with Crippen molar-refractivity contribution in [1.29, 1.82) is 0 Å². The summed E-state index contributed by atoms with van der Waals surface area (Å²) in [5, 5.41) is 0. The molecule has 3 heteroatoms. The number of nitrogens with two attached hydrogens (primary N) is 1. The Labute approximate surface area is 105 Å². The Bertz CT molecular complexity index is 242. The molecule has 92 valence electrons. The molecule has 0 amide bonds. The summed E-state index contributed by atoms with van der Waals surface area (Å²) in [5.74, 6) is 0.938. The molecular weight excluding hydrogens is 216 g/mol. The highest BCUT2D eigenvalue weighted by atomic mass is 32.1. The van der Waals surface area contributed by atoms with Gasteiger partial charge in [0.1, 0.15) is 0 Å². The molecule has 0 spiro atoms. The van der Waals surface area contributed by atoms with Crippen LogP contribution in [0.5, 0.6) is 0 Å². The van der Waals surface area contributed by atoms with Crippen molar-refractivity contribution >= 4 is 17.2 Å². The van der Waals surface area contributed by atoms with Crippen LogP contribution in [0.15, 0.2) is 0 Å². The summed E-state index contributed by atoms with van der Waals surface area (Å²) in [6.45, 7) is 3.48. The highest BCUT2D eigenvalue weighted by molar-refractivity contribution is 7.80. The average molecular weight is 240 g/mol. The van der Waals surface area contributed by atoms with Gasteiger partial charge in [0, 0.05) is 25.0 Å². The lowest BCUT2D eigenvalue weighted by Gasteiger charge is -2.36. The van der Waals surface area contributed by atoms with Gasteiger partial charge < -0.3 is 5.73 Å². The molecule has 0 aliphatic heterocycles. The van der Waals surface area contributed by atoms with Crippen molar-refractivity contribution in [2.45, 2.75) is 64.0 Å². The lowest BCUT2D eigenvalue weighted by molar-refractivity contribution is 0.135. The van der Waals surface area contributed by atoms with E-state index in [4.69, 9.17) is 18.0 Å². The first-order valence-corrected chi connectivity index (χ1v) is 7.11. The molecule has 0 unspecified atom stereocenters. The Morgan fingerprint density at radius 2 is 1.62 bits per heavy atom. The minimum absolute atomic E-state index is 0.676. The van der Waals surface area contributed by atoms with Crippen molar-refractivity contribution in [2.24, 2.45) is 11.7 Å². The lowest BCUT2D eigenvalue weighted by Crippen LogP contribution is -2.41. The van der Waals surface area contributed by atoms with Crippen LogP contribution in [0.3, 0.4) is 0 Å². The highest BCUT2D eigenvalue weighted by Gasteiger charge is 2.34. The van der Waals surface area contributed by atoms with Crippen LogP contribution < -0.4 is 5.73 Å². The first-order valence-electron chi connectivity index (χ1n) is 6.71. The number of thiocarbonyl (C=S) groups is 1. The van der Waals surface area contributed by atoms with Gasteiger partial charge in [-0.15, -0.1) is 0 Å². The Kier molecular flexibility index (Phi) is 4.20. The van der Waals surface area contributed by atoms with Gasteiger partial charge in [0.2, 0.25) is 0 Å². The maximum absolute atomic E-state index is 5.62. The molecule has 2 rings (SSSR count). The Hall–Kier alpha value is -0.150. The van der Waals surface area contributed by atoms with Gasteiger partial charge in [0.25, 0.3) is 0 Å². The average Bonchev–Trinajstić information content (AvgIpc) is 3.04. The molecule has 0 heterocycles. The molecule has 16 heavy (non-hydrogen) atoms. The van der Waals surface area contributed by atoms with E-state index in [-0.39, 0.29) is 0 Å². The molecule has 2 fully saturated rings. The molecule has 0 aromatic rings. The number of hydrogen-bond donors (Lipinski definition) is 1. The van der Waals surface area contributed by atoms with Gasteiger partial charge in [-0.1, -0.05) is 19.1 Å². The van der Waals surface area contributed by atoms with Crippen LogP contribution in [0.4, 0.5) is 0 Å². The van der Waals surface area contributed by atoms with Gasteiger partial charge in [-0.05, 0) is 44.4 Å². The fraction of sp³-hybridized carbons (Fsp3) is 0.923. The van der Waals surface area contributed by atoms with E-state index in [1.54, 1.807) is 0 Å². The summed E-state index contributed by atoms with van der Waals surface area (Å²) in [4.78, 5) is 3.38. The molecule has 0 bridgehead atoms. The first kappa shape index (κ1) is 12.3. The zero-order valence-electron chi connectivity index (χ0n) is 10.3. The van der Waals surface area contributed by atoms with Gasteiger partial charge in [0.15, 0.2) is 0 Å². The van der Waals surface area contributed by atoms with E-state index < -0.39 is 0 Å². The molecule has 0 atom stereocenters. The van der Waals surface area contributed by atoms with Crippen molar-refractivity contribution in [3.05, 3.63) is 0 Å². The molecule has 2 N–H and O–H groups in total. The monoisotopic (exact) mass is 240 g/mol. The summed E-state index contributed by atoms with van der Waals surface area (Å²) in [6, 6.07) is 1.67. The lowest BCUT2D eigenvalue weighted by atomic mass is 9.86. The first-order chi connectivity index (χ1) is 7.66. The van der Waals surface area contributed by atoms with E-state index in [9.17, 15) is 0 Å². The zero-order valence-corrected chi connectivity index (χ0v) is 11.1. The van der Waals surface area contributed by atoms with Crippen LogP contribution in [0.2, 0.25) is 0 Å². The van der Waals surface area contributed by atoms with Crippen LogP contribution in [0, 0.1) is 5.92 Å². The highest BCUT2D eigenvalue weighted by Crippen LogP contribution is 2.35. The predicted molar refractivity (Wildman–Crippen MR) is 72.6 cm³/mol. The van der Waals surface area contributed by atoms with Crippen molar-refractivity contribution in [3.8, 4) is 0 Å². The summed E-state index contributed by atoms with van der Waals surface area (Å²) >= 11 is 4.99. The van der Waals surface area contributed by atoms with Gasteiger partial charge >= 0.3 is 0 Å². The molecule has 0 aromatic heterocycles. The van der Waals surface area contributed by atoms with Crippen molar-refractivity contribution in [1.82, 2.24) is 4.90 Å². The topological polar surface area (TPSA) is 29.3 Å². The molecule has 0 saturated heterocycles. The number of nitrogens with zero attached hydrogens (tertiary/aromatic N) is 1. The second-order valence-electron chi connectivity index (χ2n) is 5.60. The van der Waals surface area contributed by atoms with Crippen molar-refractivity contribution < 1.29 is 0 Å². The molecule has 0 radical (unpaired) electrons. The van der Waals surface area contributed by atoms with Crippen LogP contribution in [-0.4, -0.2) is 28.5 Å². The molecule has 2 saturated carbocycles.